The van der Waals surface area contributed by atoms with Crippen LogP contribution in [0.3, 0.4) is 0 Å². The first-order chi connectivity index (χ1) is 10.5. The SMILES string of the molecule is CN1CCN(C(=O)C2Cc3ccc(NC(=N)N)cc3C2)CC1. The van der Waals surface area contributed by atoms with Crippen molar-refractivity contribution in [2.24, 2.45) is 11.7 Å². The molecule has 22 heavy (non-hydrogen) atoms. The van der Waals surface area contributed by atoms with Gasteiger partial charge < -0.3 is 20.9 Å². The largest absolute Gasteiger partial charge is 0.370 e. The van der Waals surface area contributed by atoms with Gasteiger partial charge in [0.1, 0.15) is 0 Å². The number of hydrogen-bond acceptors (Lipinski definition) is 3. The van der Waals surface area contributed by atoms with Crippen LogP contribution < -0.4 is 11.1 Å². The van der Waals surface area contributed by atoms with E-state index in [1.807, 2.05) is 23.1 Å². The molecule has 2 aliphatic rings. The van der Waals surface area contributed by atoms with Crippen molar-refractivity contribution in [3.63, 3.8) is 0 Å². The minimum atomic E-state index is -0.0667. The molecule has 0 aromatic heterocycles. The molecule has 1 aliphatic heterocycles. The third-order valence-corrected chi connectivity index (χ3v) is 4.58. The topological polar surface area (TPSA) is 85.5 Å². The number of carbonyl (C=O) groups excluding carboxylic acids is 1. The van der Waals surface area contributed by atoms with Gasteiger partial charge in [0.25, 0.3) is 0 Å². The van der Waals surface area contributed by atoms with Crippen LogP contribution in [0, 0.1) is 11.3 Å². The number of piperazine rings is 1. The molecule has 4 N–H and O–H groups in total. The van der Waals surface area contributed by atoms with E-state index in [1.54, 1.807) is 0 Å². The lowest BCUT2D eigenvalue weighted by Crippen LogP contribution is -2.49. The maximum Gasteiger partial charge on any atom is 0.226 e. The van der Waals surface area contributed by atoms with Crippen LogP contribution in [0.15, 0.2) is 18.2 Å². The van der Waals surface area contributed by atoms with E-state index in [2.05, 4.69) is 17.3 Å². The van der Waals surface area contributed by atoms with E-state index >= 15 is 0 Å². The third kappa shape index (κ3) is 3.06. The molecule has 6 nitrogen and oxygen atoms in total. The average Bonchev–Trinajstić information content (AvgIpc) is 2.90. The normalized spacial score (nSPS) is 21.5. The van der Waals surface area contributed by atoms with Crippen LogP contribution in [-0.2, 0) is 17.6 Å². The standard InChI is InChI=1S/C16H23N5O/c1-20-4-6-21(7-5-20)15(22)13-8-11-2-3-14(19-16(17)18)10-12(11)9-13/h2-3,10,13H,4-9H2,1H3,(H4,17,18,19). The first-order valence-corrected chi connectivity index (χ1v) is 7.73. The number of guanidine groups is 1. The summed E-state index contributed by atoms with van der Waals surface area (Å²) in [7, 11) is 2.09. The van der Waals surface area contributed by atoms with E-state index in [0.29, 0.717) is 0 Å². The molecule has 1 atom stereocenters. The van der Waals surface area contributed by atoms with Crippen molar-refractivity contribution in [3.05, 3.63) is 29.3 Å². The number of hydrogen-bond donors (Lipinski definition) is 3. The number of nitrogens with two attached hydrogens (primary N) is 1. The zero-order chi connectivity index (χ0) is 15.7. The molecule has 1 aromatic carbocycles. The Bertz CT molecular complexity index is 592. The average molecular weight is 301 g/mol. The van der Waals surface area contributed by atoms with Crippen LogP contribution >= 0.6 is 0 Å². The molecule has 1 heterocycles. The van der Waals surface area contributed by atoms with E-state index in [0.717, 1.165) is 44.7 Å². The molecular formula is C16H23N5O. The van der Waals surface area contributed by atoms with Gasteiger partial charge in [-0.15, -0.1) is 0 Å². The molecule has 1 aliphatic carbocycles. The Morgan fingerprint density at radius 2 is 1.91 bits per heavy atom. The summed E-state index contributed by atoms with van der Waals surface area (Å²) in [4.78, 5) is 16.9. The zero-order valence-corrected chi connectivity index (χ0v) is 12.9. The molecule has 1 fully saturated rings. The maximum absolute atomic E-state index is 12.7. The predicted octanol–water partition coefficient (Wildman–Crippen LogP) is 0.481. The summed E-state index contributed by atoms with van der Waals surface area (Å²) in [6.45, 7) is 3.58. The van der Waals surface area contributed by atoms with Crippen molar-refractivity contribution < 1.29 is 4.79 Å². The lowest BCUT2D eigenvalue weighted by Gasteiger charge is -2.34. The van der Waals surface area contributed by atoms with E-state index in [1.165, 1.54) is 11.1 Å². The molecule has 0 spiro atoms. The summed E-state index contributed by atoms with van der Waals surface area (Å²) in [5.41, 5.74) is 8.61. The van der Waals surface area contributed by atoms with Crippen LogP contribution in [0.4, 0.5) is 5.69 Å². The highest BCUT2D eigenvalue weighted by Gasteiger charge is 2.31. The van der Waals surface area contributed by atoms with Gasteiger partial charge in [-0.3, -0.25) is 10.2 Å². The van der Waals surface area contributed by atoms with Crippen molar-refractivity contribution in [3.8, 4) is 0 Å². The van der Waals surface area contributed by atoms with Gasteiger partial charge in [0, 0.05) is 37.8 Å². The quantitative estimate of drug-likeness (QED) is 0.548. The second kappa shape index (κ2) is 5.96. The molecule has 0 bridgehead atoms. The first-order valence-electron chi connectivity index (χ1n) is 7.73. The van der Waals surface area contributed by atoms with Gasteiger partial charge in [-0.25, -0.2) is 0 Å². The fourth-order valence-corrected chi connectivity index (χ4v) is 3.31. The van der Waals surface area contributed by atoms with Gasteiger partial charge in [-0.05, 0) is 43.1 Å². The zero-order valence-electron chi connectivity index (χ0n) is 12.9. The molecule has 0 radical (unpaired) electrons. The number of carbonyl (C=O) groups is 1. The summed E-state index contributed by atoms with van der Waals surface area (Å²) in [6.07, 6.45) is 1.61. The Labute approximate surface area is 130 Å². The van der Waals surface area contributed by atoms with Crippen molar-refractivity contribution >= 4 is 17.6 Å². The number of fused-ring (bicyclic) bond motifs is 1. The Morgan fingerprint density at radius 3 is 2.59 bits per heavy atom. The first kappa shape index (κ1) is 14.8. The minimum absolute atomic E-state index is 0.0611. The second-order valence-corrected chi connectivity index (χ2v) is 6.26. The summed E-state index contributed by atoms with van der Waals surface area (Å²) in [6, 6.07) is 5.97. The lowest BCUT2D eigenvalue weighted by atomic mass is 10.0. The highest BCUT2D eigenvalue weighted by Crippen LogP contribution is 2.30. The van der Waals surface area contributed by atoms with Crippen molar-refractivity contribution in [1.82, 2.24) is 9.80 Å². The van der Waals surface area contributed by atoms with E-state index < -0.39 is 0 Å². The van der Waals surface area contributed by atoms with Crippen LogP contribution in [0.25, 0.3) is 0 Å². The summed E-state index contributed by atoms with van der Waals surface area (Å²) in [5.74, 6) is 0.277. The van der Waals surface area contributed by atoms with Crippen molar-refractivity contribution in [2.45, 2.75) is 12.8 Å². The van der Waals surface area contributed by atoms with Gasteiger partial charge in [0.2, 0.25) is 5.91 Å². The Morgan fingerprint density at radius 1 is 1.23 bits per heavy atom. The summed E-state index contributed by atoms with van der Waals surface area (Å²) < 4.78 is 0. The highest BCUT2D eigenvalue weighted by atomic mass is 16.2. The molecule has 0 saturated carbocycles. The number of amides is 1. The van der Waals surface area contributed by atoms with Crippen LogP contribution in [0.2, 0.25) is 0 Å². The van der Waals surface area contributed by atoms with Gasteiger partial charge in [0.15, 0.2) is 5.96 Å². The molecule has 118 valence electrons. The summed E-state index contributed by atoms with van der Waals surface area (Å²) in [5, 5.41) is 10.1. The number of rotatable bonds is 2. The number of nitrogens with one attached hydrogen (secondary N) is 2. The molecule has 1 aromatic rings. The number of anilines is 1. The van der Waals surface area contributed by atoms with Gasteiger partial charge in [-0.1, -0.05) is 6.07 Å². The lowest BCUT2D eigenvalue weighted by molar-refractivity contribution is -0.136. The summed E-state index contributed by atoms with van der Waals surface area (Å²) >= 11 is 0. The number of benzene rings is 1. The minimum Gasteiger partial charge on any atom is -0.370 e. The molecule has 6 heteroatoms. The van der Waals surface area contributed by atoms with Crippen LogP contribution in [0.5, 0.6) is 0 Å². The van der Waals surface area contributed by atoms with Crippen molar-refractivity contribution in [2.75, 3.05) is 38.5 Å². The highest BCUT2D eigenvalue weighted by molar-refractivity contribution is 5.90. The number of likely N-dealkylation sites (N-methyl/N-ethyl adjacent to an activating group) is 1. The van der Waals surface area contributed by atoms with Crippen molar-refractivity contribution in [1.29, 1.82) is 5.41 Å². The Kier molecular flexibility index (Phi) is 4.02. The van der Waals surface area contributed by atoms with Gasteiger partial charge in [0.05, 0.1) is 0 Å². The molecule has 1 saturated heterocycles. The maximum atomic E-state index is 12.7. The third-order valence-electron chi connectivity index (χ3n) is 4.58. The monoisotopic (exact) mass is 301 g/mol. The predicted molar refractivity (Wildman–Crippen MR) is 87.0 cm³/mol. The smallest absolute Gasteiger partial charge is 0.226 e. The molecule has 1 amide bonds. The molecule has 1 unspecified atom stereocenters. The number of nitrogens with zero attached hydrogens (tertiary/aromatic N) is 2. The van der Waals surface area contributed by atoms with E-state index in [4.69, 9.17) is 11.1 Å². The Hall–Kier alpha value is -2.08. The molecular weight excluding hydrogens is 278 g/mol. The van der Waals surface area contributed by atoms with E-state index in [-0.39, 0.29) is 17.8 Å². The second-order valence-electron chi connectivity index (χ2n) is 6.26. The fraction of sp³-hybridized carbons (Fsp3) is 0.500. The van der Waals surface area contributed by atoms with Gasteiger partial charge in [-0.2, -0.15) is 0 Å². The van der Waals surface area contributed by atoms with Crippen LogP contribution in [-0.4, -0.2) is 54.9 Å². The fourth-order valence-electron chi connectivity index (χ4n) is 3.31. The van der Waals surface area contributed by atoms with E-state index in [9.17, 15) is 4.79 Å². The van der Waals surface area contributed by atoms with Crippen LogP contribution in [0.1, 0.15) is 11.1 Å². The molecule has 3 rings (SSSR count). The van der Waals surface area contributed by atoms with Gasteiger partial charge >= 0.3 is 0 Å². The Balaban J connectivity index is 1.66.